The van der Waals surface area contributed by atoms with Crippen LogP contribution in [0.4, 0.5) is 0 Å². The molecule has 4 saturated carbocycles. The van der Waals surface area contributed by atoms with Gasteiger partial charge in [-0.1, -0.05) is 34.6 Å². The van der Waals surface area contributed by atoms with Gasteiger partial charge in [-0.15, -0.1) is 11.3 Å². The molecule has 1 heterocycles. The van der Waals surface area contributed by atoms with Crippen LogP contribution in [0.15, 0.2) is 16.3 Å². The highest BCUT2D eigenvalue weighted by molar-refractivity contribution is 7.88. The number of Topliss-reactive ketones (excluding diaryl/α,β-unsaturated/α-hetero) is 1. The highest BCUT2D eigenvalue weighted by Crippen LogP contribution is 2.68. The number of nitrogens with one attached hydrogen (secondary N) is 1. The fourth-order valence-corrected chi connectivity index (χ4v) is 11.8. The number of carbonyl (C=O) groups excluding carboxylic acids is 2. The Morgan fingerprint density at radius 1 is 1.10 bits per heavy atom. The third-order valence-corrected chi connectivity index (χ3v) is 14.4. The van der Waals surface area contributed by atoms with Crippen LogP contribution < -0.4 is 5.32 Å². The van der Waals surface area contributed by atoms with Crippen molar-refractivity contribution in [3.05, 3.63) is 17.0 Å². The first-order chi connectivity index (χ1) is 18.6. The summed E-state index contributed by atoms with van der Waals surface area (Å²) in [5.74, 6) is 2.47. The van der Waals surface area contributed by atoms with Gasteiger partial charge in [-0.3, -0.25) is 14.1 Å². The van der Waals surface area contributed by atoms with Gasteiger partial charge in [0.1, 0.15) is 9.99 Å². The number of hydrogen-bond acceptors (Lipinski definition) is 6. The molecule has 0 bridgehead atoms. The van der Waals surface area contributed by atoms with E-state index in [-0.39, 0.29) is 50.8 Å². The van der Waals surface area contributed by atoms with Gasteiger partial charge in [-0.05, 0) is 103 Å². The second-order valence-electron chi connectivity index (χ2n) is 14.4. The van der Waals surface area contributed by atoms with Crippen molar-refractivity contribution in [2.45, 2.75) is 109 Å². The molecular weight excluding hydrogens is 546 g/mol. The summed E-state index contributed by atoms with van der Waals surface area (Å²) in [4.78, 5) is 26.3. The average Bonchev–Trinajstić information content (AvgIpc) is 3.48. The standard InChI is InChI=1S/C31H47NO6S2/c1-17(2)29(25-8-9-27(39-25)40(36,37)38)32-26(35)14-18(3)21-6-7-22-28-23(11-13-31(21,22)5)30(4)12-10-20(33)15-19(30)16-24(28)34/h8-9,17-19,21-24,28-29,34H,6-7,10-16H2,1-5H3,(H,32,35)(H,36,37,38)/t18-,19+,21?,22+,23+,24-,28+,29?,30+,31-/m1/s1. The Labute approximate surface area is 243 Å². The molecule has 3 N–H and O–H groups in total. The lowest BCUT2D eigenvalue weighted by Gasteiger charge is -2.61. The summed E-state index contributed by atoms with van der Waals surface area (Å²) in [7, 11) is -4.27. The van der Waals surface area contributed by atoms with Gasteiger partial charge in [-0.25, -0.2) is 0 Å². The maximum absolute atomic E-state index is 13.3. The Morgan fingerprint density at radius 2 is 1.80 bits per heavy atom. The van der Waals surface area contributed by atoms with Gasteiger partial charge in [0.15, 0.2) is 0 Å². The summed E-state index contributed by atoms with van der Waals surface area (Å²) in [5, 5.41) is 14.6. The number of carbonyl (C=O) groups is 2. The molecule has 0 aliphatic heterocycles. The van der Waals surface area contributed by atoms with Gasteiger partial charge in [0, 0.05) is 24.1 Å². The number of thiophene rings is 1. The van der Waals surface area contributed by atoms with E-state index >= 15 is 0 Å². The van der Waals surface area contributed by atoms with Gasteiger partial charge in [0.2, 0.25) is 5.91 Å². The quantitative estimate of drug-likeness (QED) is 0.332. The Morgan fingerprint density at radius 3 is 2.45 bits per heavy atom. The second kappa shape index (κ2) is 10.8. The minimum absolute atomic E-state index is 0.0336. The van der Waals surface area contributed by atoms with Crippen LogP contribution in [0.5, 0.6) is 0 Å². The summed E-state index contributed by atoms with van der Waals surface area (Å²) in [6, 6.07) is 2.74. The molecule has 0 spiro atoms. The molecule has 5 rings (SSSR count). The van der Waals surface area contributed by atoms with E-state index < -0.39 is 10.1 Å². The maximum Gasteiger partial charge on any atom is 0.304 e. The van der Waals surface area contributed by atoms with Crippen LogP contribution in [0, 0.1) is 52.3 Å². The molecule has 9 heteroatoms. The van der Waals surface area contributed by atoms with Gasteiger partial charge in [0.25, 0.3) is 0 Å². The fourth-order valence-electron chi connectivity index (χ4n) is 9.86. The number of aliphatic hydroxyl groups excluding tert-OH is 1. The van der Waals surface area contributed by atoms with Crippen molar-refractivity contribution in [2.75, 3.05) is 0 Å². The van der Waals surface area contributed by atoms with E-state index in [1.807, 2.05) is 13.8 Å². The third kappa shape index (κ3) is 5.22. The molecule has 1 amide bonds. The minimum atomic E-state index is -4.27. The molecule has 0 saturated heterocycles. The molecule has 2 unspecified atom stereocenters. The lowest BCUT2D eigenvalue weighted by molar-refractivity contribution is -0.169. The van der Waals surface area contributed by atoms with E-state index in [9.17, 15) is 27.7 Å². The summed E-state index contributed by atoms with van der Waals surface area (Å²) in [6.45, 7) is 11.0. The Balaban J connectivity index is 1.27. The number of ketones is 1. The lowest BCUT2D eigenvalue weighted by atomic mass is 9.44. The van der Waals surface area contributed by atoms with E-state index in [1.165, 1.54) is 6.07 Å². The zero-order chi connectivity index (χ0) is 29.2. The van der Waals surface area contributed by atoms with E-state index in [4.69, 9.17) is 0 Å². The zero-order valence-electron chi connectivity index (χ0n) is 24.6. The Hall–Kier alpha value is -1.29. The molecule has 7 nitrogen and oxygen atoms in total. The van der Waals surface area contributed by atoms with Crippen LogP contribution in [-0.2, 0) is 19.7 Å². The Bertz CT molecular complexity index is 1240. The molecule has 4 fully saturated rings. The molecule has 224 valence electrons. The average molecular weight is 594 g/mol. The minimum Gasteiger partial charge on any atom is -0.393 e. The van der Waals surface area contributed by atoms with Gasteiger partial charge in [-0.2, -0.15) is 8.42 Å². The highest BCUT2D eigenvalue weighted by Gasteiger charge is 2.63. The summed E-state index contributed by atoms with van der Waals surface area (Å²) >= 11 is 1.000. The largest absolute Gasteiger partial charge is 0.393 e. The summed E-state index contributed by atoms with van der Waals surface area (Å²) in [5.41, 5.74) is 0.233. The van der Waals surface area contributed by atoms with Crippen molar-refractivity contribution in [3.8, 4) is 0 Å². The lowest BCUT2D eigenvalue weighted by Crippen LogP contribution is -2.58. The smallest absolute Gasteiger partial charge is 0.304 e. The first-order valence-electron chi connectivity index (χ1n) is 15.2. The number of hydrogen-bond donors (Lipinski definition) is 3. The van der Waals surface area contributed by atoms with Gasteiger partial charge in [0.05, 0.1) is 12.1 Å². The van der Waals surface area contributed by atoms with E-state index in [2.05, 4.69) is 26.1 Å². The third-order valence-electron chi connectivity index (χ3n) is 11.9. The van der Waals surface area contributed by atoms with Crippen LogP contribution in [0.2, 0.25) is 0 Å². The van der Waals surface area contributed by atoms with Crippen LogP contribution in [-0.4, -0.2) is 35.9 Å². The van der Waals surface area contributed by atoms with Crippen molar-refractivity contribution in [1.29, 1.82) is 0 Å². The van der Waals surface area contributed by atoms with Gasteiger partial charge < -0.3 is 10.4 Å². The number of rotatable bonds is 7. The monoisotopic (exact) mass is 593 g/mol. The van der Waals surface area contributed by atoms with Crippen molar-refractivity contribution in [3.63, 3.8) is 0 Å². The summed E-state index contributed by atoms with van der Waals surface area (Å²) in [6.07, 6.45) is 7.45. The normalized spacial score (nSPS) is 39.2. The van der Waals surface area contributed by atoms with E-state index in [1.54, 1.807) is 6.07 Å². The molecular formula is C31H47NO6S2. The van der Waals surface area contributed by atoms with Crippen LogP contribution >= 0.6 is 11.3 Å². The first kappa shape index (κ1) is 30.2. The van der Waals surface area contributed by atoms with Crippen molar-refractivity contribution < 1.29 is 27.7 Å². The van der Waals surface area contributed by atoms with Crippen molar-refractivity contribution in [1.82, 2.24) is 5.32 Å². The number of fused-ring (bicyclic) bond motifs is 5. The Kier molecular flexibility index (Phi) is 8.12. The first-order valence-corrected chi connectivity index (χ1v) is 17.5. The molecule has 0 radical (unpaired) electrons. The van der Waals surface area contributed by atoms with E-state index in [0.717, 1.165) is 54.7 Å². The van der Waals surface area contributed by atoms with Crippen LogP contribution in [0.1, 0.15) is 103 Å². The molecule has 40 heavy (non-hydrogen) atoms. The summed E-state index contributed by atoms with van der Waals surface area (Å²) < 4.78 is 32.4. The molecule has 0 aromatic carbocycles. The zero-order valence-corrected chi connectivity index (χ0v) is 26.2. The molecule has 1 aromatic heterocycles. The molecule has 4 aliphatic carbocycles. The number of aliphatic hydroxyl groups is 1. The predicted molar refractivity (Wildman–Crippen MR) is 155 cm³/mol. The number of amides is 1. The van der Waals surface area contributed by atoms with Gasteiger partial charge >= 0.3 is 10.1 Å². The fraction of sp³-hybridized carbons (Fsp3) is 0.806. The maximum atomic E-state index is 13.3. The second-order valence-corrected chi connectivity index (χ2v) is 17.1. The molecule has 4 aliphatic rings. The topological polar surface area (TPSA) is 121 Å². The molecule has 1 aromatic rings. The van der Waals surface area contributed by atoms with Crippen LogP contribution in [0.25, 0.3) is 0 Å². The predicted octanol–water partition coefficient (Wildman–Crippen LogP) is 6.03. The van der Waals surface area contributed by atoms with Crippen molar-refractivity contribution in [2.24, 2.45) is 52.3 Å². The molecule has 10 atom stereocenters. The van der Waals surface area contributed by atoms with E-state index in [0.29, 0.717) is 48.7 Å². The van der Waals surface area contributed by atoms with Crippen molar-refractivity contribution >= 4 is 33.1 Å². The SMILES string of the molecule is CC(C)C(NC(=O)C[C@@H](C)C1CC[C@H]2[C@@H]3[C@H](O)C[C@@H]4CC(=O)CC[C@]4(C)[C@H]3CC[C@]12C)c1ccc(S(=O)(=O)O)s1. The van der Waals surface area contributed by atoms with Crippen LogP contribution in [0.3, 0.4) is 0 Å². The highest BCUT2D eigenvalue weighted by atomic mass is 32.3.